The number of hydrogen-bond acceptors (Lipinski definition) is 7. The van der Waals surface area contributed by atoms with E-state index >= 15 is 0 Å². The Kier molecular flexibility index (Phi) is 5.95. The molecule has 31 heavy (non-hydrogen) atoms. The van der Waals surface area contributed by atoms with Crippen LogP contribution in [0.1, 0.15) is 35.7 Å². The van der Waals surface area contributed by atoms with Crippen molar-refractivity contribution in [3.05, 3.63) is 64.0 Å². The van der Waals surface area contributed by atoms with E-state index in [1.54, 1.807) is 30.3 Å². The number of hydrogen-bond donors (Lipinski definition) is 1. The van der Waals surface area contributed by atoms with Crippen LogP contribution in [0.15, 0.2) is 51.9 Å². The summed E-state index contributed by atoms with van der Waals surface area (Å²) in [4.78, 5) is 26.8. The maximum absolute atomic E-state index is 13.0. The number of nitrogens with zero attached hydrogens (tertiary/aromatic N) is 1. The summed E-state index contributed by atoms with van der Waals surface area (Å²) < 4.78 is 16.1. The summed E-state index contributed by atoms with van der Waals surface area (Å²) in [6.07, 6.45) is 3.58. The highest BCUT2D eigenvalue weighted by Gasteiger charge is 2.21. The van der Waals surface area contributed by atoms with E-state index in [1.165, 1.54) is 25.9 Å². The maximum Gasteiger partial charge on any atom is 0.337 e. The second kappa shape index (κ2) is 8.81. The Morgan fingerprint density at radius 2 is 2.00 bits per heavy atom. The molecule has 0 saturated carbocycles. The van der Waals surface area contributed by atoms with Crippen LogP contribution in [0.2, 0.25) is 0 Å². The summed E-state index contributed by atoms with van der Waals surface area (Å²) in [7, 11) is 1.31. The van der Waals surface area contributed by atoms with Crippen LogP contribution in [0.5, 0.6) is 17.2 Å². The van der Waals surface area contributed by atoms with E-state index in [1.807, 2.05) is 0 Å². The van der Waals surface area contributed by atoms with E-state index in [0.29, 0.717) is 40.3 Å². The quantitative estimate of drug-likeness (QED) is 0.612. The van der Waals surface area contributed by atoms with Gasteiger partial charge in [0.2, 0.25) is 11.2 Å². The van der Waals surface area contributed by atoms with Crippen molar-refractivity contribution >= 4 is 16.9 Å². The highest BCUT2D eigenvalue weighted by Crippen LogP contribution is 2.30. The Hall–Kier alpha value is -3.32. The Morgan fingerprint density at radius 3 is 2.71 bits per heavy atom. The van der Waals surface area contributed by atoms with Crippen LogP contribution in [0, 0.1) is 5.92 Å². The van der Waals surface area contributed by atoms with Gasteiger partial charge in [-0.15, -0.1) is 0 Å². The third kappa shape index (κ3) is 4.41. The third-order valence-corrected chi connectivity index (χ3v) is 5.61. The highest BCUT2D eigenvalue weighted by atomic mass is 16.5. The Bertz CT molecular complexity index is 1150. The minimum atomic E-state index is -0.452. The molecular formula is C24H25NO6. The predicted octanol–water partition coefficient (Wildman–Crippen LogP) is 4.31. The smallest absolute Gasteiger partial charge is 0.337 e. The van der Waals surface area contributed by atoms with Crippen molar-refractivity contribution in [1.29, 1.82) is 0 Å². The molecule has 3 aromatic rings. The van der Waals surface area contributed by atoms with Crippen LogP contribution in [0.4, 0.5) is 0 Å². The molecule has 0 radical (unpaired) electrons. The van der Waals surface area contributed by atoms with Gasteiger partial charge in [0, 0.05) is 13.1 Å². The number of aromatic hydroxyl groups is 1. The second-order valence-electron chi connectivity index (χ2n) is 7.97. The summed E-state index contributed by atoms with van der Waals surface area (Å²) in [6.45, 7) is 4.64. The first-order valence-electron chi connectivity index (χ1n) is 10.3. The molecule has 0 unspecified atom stereocenters. The number of piperidine rings is 1. The number of benzene rings is 2. The molecule has 1 atom stereocenters. The van der Waals surface area contributed by atoms with Crippen molar-refractivity contribution in [3.8, 4) is 17.2 Å². The molecule has 1 aliphatic heterocycles. The number of phenols is 1. The van der Waals surface area contributed by atoms with Gasteiger partial charge in [0.25, 0.3) is 0 Å². The van der Waals surface area contributed by atoms with Crippen LogP contribution in [-0.4, -0.2) is 36.2 Å². The van der Waals surface area contributed by atoms with Crippen molar-refractivity contribution in [2.24, 2.45) is 5.92 Å². The predicted molar refractivity (Wildman–Crippen MR) is 116 cm³/mol. The lowest BCUT2D eigenvalue weighted by atomic mass is 9.99. The minimum absolute atomic E-state index is 0.0292. The van der Waals surface area contributed by atoms with Gasteiger partial charge in [0.05, 0.1) is 23.6 Å². The van der Waals surface area contributed by atoms with Gasteiger partial charge >= 0.3 is 5.97 Å². The molecule has 7 nitrogen and oxygen atoms in total. The minimum Gasteiger partial charge on any atom is -0.507 e. The number of carbonyl (C=O) groups excluding carboxylic acids is 1. The number of carbonyl (C=O) groups is 1. The van der Waals surface area contributed by atoms with Crippen LogP contribution in [0.3, 0.4) is 0 Å². The number of fused-ring (bicyclic) bond motifs is 1. The number of rotatable bonds is 5. The molecule has 1 aromatic heterocycles. The lowest BCUT2D eigenvalue weighted by molar-refractivity contribution is 0.0600. The molecule has 0 aliphatic carbocycles. The summed E-state index contributed by atoms with van der Waals surface area (Å²) in [5.74, 6) is 0.679. The summed E-state index contributed by atoms with van der Waals surface area (Å²) in [5.41, 5.74) is 1.04. The zero-order chi connectivity index (χ0) is 22.0. The number of likely N-dealkylation sites (tertiary alicyclic amines) is 1. The first kappa shape index (κ1) is 20.9. The number of ether oxygens (including phenoxy) is 2. The van der Waals surface area contributed by atoms with Gasteiger partial charge in [-0.2, -0.15) is 0 Å². The van der Waals surface area contributed by atoms with E-state index in [2.05, 4.69) is 16.6 Å². The number of methoxy groups -OCH3 is 1. The van der Waals surface area contributed by atoms with Crippen LogP contribution in [-0.2, 0) is 11.3 Å². The van der Waals surface area contributed by atoms with E-state index < -0.39 is 5.97 Å². The fourth-order valence-corrected chi connectivity index (χ4v) is 4.01. The van der Waals surface area contributed by atoms with Crippen LogP contribution in [0.25, 0.3) is 11.0 Å². The Labute approximate surface area is 179 Å². The van der Waals surface area contributed by atoms with E-state index in [4.69, 9.17) is 9.15 Å². The molecule has 4 rings (SSSR count). The Balaban J connectivity index is 1.62. The monoisotopic (exact) mass is 423 g/mol. The van der Waals surface area contributed by atoms with Gasteiger partial charge in [-0.05, 0) is 61.7 Å². The number of phenolic OH excluding ortho intramolecular Hbond substituents is 1. The lowest BCUT2D eigenvalue weighted by Gasteiger charge is -2.31. The van der Waals surface area contributed by atoms with Crippen molar-refractivity contribution in [2.75, 3.05) is 20.2 Å². The van der Waals surface area contributed by atoms with Crippen LogP contribution < -0.4 is 10.2 Å². The number of esters is 1. The molecule has 162 valence electrons. The van der Waals surface area contributed by atoms with Crippen molar-refractivity contribution in [3.63, 3.8) is 0 Å². The average molecular weight is 423 g/mol. The van der Waals surface area contributed by atoms with Crippen LogP contribution >= 0.6 is 0 Å². The van der Waals surface area contributed by atoms with Gasteiger partial charge in [0.15, 0.2) is 0 Å². The largest absolute Gasteiger partial charge is 0.507 e. The summed E-state index contributed by atoms with van der Waals surface area (Å²) >= 11 is 0. The average Bonchev–Trinajstić information content (AvgIpc) is 2.77. The molecule has 0 bridgehead atoms. The van der Waals surface area contributed by atoms with Crippen molar-refractivity contribution < 1.29 is 23.8 Å². The maximum atomic E-state index is 13.0. The second-order valence-corrected chi connectivity index (χ2v) is 7.97. The van der Waals surface area contributed by atoms with E-state index in [0.717, 1.165) is 19.5 Å². The first-order valence-corrected chi connectivity index (χ1v) is 10.3. The van der Waals surface area contributed by atoms with Gasteiger partial charge < -0.3 is 19.0 Å². The lowest BCUT2D eigenvalue weighted by Crippen LogP contribution is -2.33. The van der Waals surface area contributed by atoms with Gasteiger partial charge in [-0.3, -0.25) is 9.69 Å². The molecule has 1 aliphatic rings. The molecule has 1 saturated heterocycles. The first-order chi connectivity index (χ1) is 15.0. The van der Waals surface area contributed by atoms with E-state index in [-0.39, 0.29) is 16.9 Å². The summed E-state index contributed by atoms with van der Waals surface area (Å²) in [5, 5.41) is 10.8. The van der Waals surface area contributed by atoms with E-state index in [9.17, 15) is 14.7 Å². The van der Waals surface area contributed by atoms with Gasteiger partial charge in [0.1, 0.15) is 23.3 Å². The normalized spacial score (nSPS) is 16.9. The summed E-state index contributed by atoms with van der Waals surface area (Å²) in [6, 6.07) is 9.34. The molecule has 2 aromatic carbocycles. The fraction of sp³-hybridized carbons (Fsp3) is 0.333. The van der Waals surface area contributed by atoms with Crippen molar-refractivity contribution in [2.45, 2.75) is 26.3 Å². The SMILES string of the molecule is COC(=O)c1ccc(Oc2coc3c(CN4CCC[C@@H](C)C4)c(O)ccc3c2=O)cc1. The zero-order valence-electron chi connectivity index (χ0n) is 17.6. The molecule has 1 fully saturated rings. The standard InChI is InChI=1S/C24H25NO6/c1-15-4-3-11-25(12-15)13-19-20(26)10-9-18-22(27)21(14-30-23(18)19)31-17-7-5-16(6-8-17)24(28)29-2/h5-10,14-15,26H,3-4,11-13H2,1-2H3/t15-/m1/s1. The molecular weight excluding hydrogens is 398 g/mol. The molecule has 0 spiro atoms. The fourth-order valence-electron chi connectivity index (χ4n) is 4.01. The topological polar surface area (TPSA) is 89.2 Å². The molecule has 7 heteroatoms. The van der Waals surface area contributed by atoms with Gasteiger partial charge in [-0.1, -0.05) is 6.92 Å². The molecule has 1 N–H and O–H groups in total. The molecule has 0 amide bonds. The molecule has 2 heterocycles. The third-order valence-electron chi connectivity index (χ3n) is 5.61. The van der Waals surface area contributed by atoms with Crippen molar-refractivity contribution in [1.82, 2.24) is 4.90 Å². The Morgan fingerprint density at radius 1 is 1.23 bits per heavy atom. The highest BCUT2D eigenvalue weighted by molar-refractivity contribution is 5.89. The zero-order valence-corrected chi connectivity index (χ0v) is 17.6. The van der Waals surface area contributed by atoms with Gasteiger partial charge in [-0.25, -0.2) is 4.79 Å².